The van der Waals surface area contributed by atoms with E-state index in [9.17, 15) is 19.4 Å². The number of amides is 1. The van der Waals surface area contributed by atoms with E-state index in [1.165, 1.54) is 42.6 Å². The molecule has 0 unspecified atom stereocenters. The van der Waals surface area contributed by atoms with Crippen LogP contribution < -0.4 is 5.32 Å². The van der Waals surface area contributed by atoms with E-state index < -0.39 is 11.7 Å². The van der Waals surface area contributed by atoms with Gasteiger partial charge in [-0.3, -0.25) is 15.1 Å². The maximum atomic E-state index is 13.7. The monoisotopic (exact) mass is 357 g/mol. The van der Waals surface area contributed by atoms with Gasteiger partial charge < -0.3 is 10.2 Å². The Morgan fingerprint density at radius 2 is 2.08 bits per heavy atom. The van der Waals surface area contributed by atoms with Gasteiger partial charge in [-0.1, -0.05) is 6.07 Å². The molecule has 0 saturated heterocycles. The lowest BCUT2D eigenvalue weighted by Crippen LogP contribution is -2.07. The van der Waals surface area contributed by atoms with Gasteiger partial charge in [0.05, 0.1) is 0 Å². The molecule has 25 heavy (non-hydrogen) atoms. The highest BCUT2D eigenvalue weighted by Crippen LogP contribution is 2.26. The van der Waals surface area contributed by atoms with E-state index in [0.29, 0.717) is 16.4 Å². The maximum Gasteiger partial charge on any atom is 0.250 e. The first-order valence-electron chi connectivity index (χ1n) is 7.10. The molecule has 0 aliphatic heterocycles. The Labute approximate surface area is 145 Å². The largest absolute Gasteiger partial charge is 0.504 e. The van der Waals surface area contributed by atoms with Crippen LogP contribution >= 0.6 is 11.3 Å². The molecule has 3 N–H and O–H groups in total. The van der Waals surface area contributed by atoms with Crippen LogP contribution in [0.1, 0.15) is 5.56 Å². The number of anilines is 1. The van der Waals surface area contributed by atoms with Gasteiger partial charge in [0.15, 0.2) is 22.4 Å². The van der Waals surface area contributed by atoms with Crippen LogP contribution in [0.4, 0.5) is 9.52 Å². The SMILES string of the molecule is O=C(C=Cc1ccc(O)c(O)c1)Nc1nc(-c2ncccc2F)cs1. The average Bonchev–Trinajstić information content (AvgIpc) is 3.04. The molecule has 0 bridgehead atoms. The fourth-order valence-electron chi connectivity index (χ4n) is 1.98. The molecular weight excluding hydrogens is 345 g/mol. The minimum absolute atomic E-state index is 0.120. The maximum absolute atomic E-state index is 13.7. The molecule has 0 atom stereocenters. The lowest BCUT2D eigenvalue weighted by atomic mass is 10.2. The summed E-state index contributed by atoms with van der Waals surface area (Å²) in [7, 11) is 0. The van der Waals surface area contributed by atoms with Crippen molar-refractivity contribution < 1.29 is 19.4 Å². The molecule has 126 valence electrons. The molecule has 6 nitrogen and oxygen atoms in total. The van der Waals surface area contributed by atoms with Crippen LogP contribution in [0.2, 0.25) is 0 Å². The molecule has 2 aromatic heterocycles. The first kappa shape index (κ1) is 16.6. The smallest absolute Gasteiger partial charge is 0.250 e. The number of benzene rings is 1. The zero-order chi connectivity index (χ0) is 17.8. The highest BCUT2D eigenvalue weighted by Gasteiger charge is 2.11. The highest BCUT2D eigenvalue weighted by molar-refractivity contribution is 7.14. The number of carbonyl (C=O) groups is 1. The molecule has 0 aliphatic rings. The number of pyridine rings is 1. The molecule has 2 heterocycles. The number of aromatic nitrogens is 2. The van der Waals surface area contributed by atoms with E-state index in [0.717, 1.165) is 11.3 Å². The molecule has 0 fully saturated rings. The van der Waals surface area contributed by atoms with Gasteiger partial charge >= 0.3 is 0 Å². The van der Waals surface area contributed by atoms with Gasteiger partial charge in [0.1, 0.15) is 11.4 Å². The van der Waals surface area contributed by atoms with Gasteiger partial charge in [-0.05, 0) is 35.9 Å². The van der Waals surface area contributed by atoms with Gasteiger partial charge in [0.25, 0.3) is 0 Å². The van der Waals surface area contributed by atoms with E-state index in [-0.39, 0.29) is 17.2 Å². The Morgan fingerprint density at radius 1 is 1.24 bits per heavy atom. The molecular formula is C17H12FN3O3S. The van der Waals surface area contributed by atoms with E-state index in [1.54, 1.807) is 11.4 Å². The highest BCUT2D eigenvalue weighted by atomic mass is 32.1. The zero-order valence-electron chi connectivity index (χ0n) is 12.7. The van der Waals surface area contributed by atoms with Crippen LogP contribution in [0.5, 0.6) is 11.5 Å². The second kappa shape index (κ2) is 7.10. The van der Waals surface area contributed by atoms with Crippen molar-refractivity contribution in [2.24, 2.45) is 0 Å². The van der Waals surface area contributed by atoms with Gasteiger partial charge in [0, 0.05) is 17.7 Å². The normalized spacial score (nSPS) is 10.9. The van der Waals surface area contributed by atoms with Crippen molar-refractivity contribution in [1.82, 2.24) is 9.97 Å². The summed E-state index contributed by atoms with van der Waals surface area (Å²) in [6.07, 6.45) is 4.20. The first-order chi connectivity index (χ1) is 12.0. The summed E-state index contributed by atoms with van der Waals surface area (Å²) < 4.78 is 13.7. The minimum Gasteiger partial charge on any atom is -0.504 e. The molecule has 0 aliphatic carbocycles. The summed E-state index contributed by atoms with van der Waals surface area (Å²) in [4.78, 5) is 20.0. The van der Waals surface area contributed by atoms with Crippen LogP contribution in [0.25, 0.3) is 17.5 Å². The fraction of sp³-hybridized carbons (Fsp3) is 0. The van der Waals surface area contributed by atoms with Crippen molar-refractivity contribution in [3.8, 4) is 22.9 Å². The number of rotatable bonds is 4. The molecule has 0 spiro atoms. The zero-order valence-corrected chi connectivity index (χ0v) is 13.5. The number of halogens is 1. The number of hydrogen-bond acceptors (Lipinski definition) is 6. The number of nitrogens with one attached hydrogen (secondary N) is 1. The van der Waals surface area contributed by atoms with Crippen molar-refractivity contribution in [2.45, 2.75) is 0 Å². The lowest BCUT2D eigenvalue weighted by molar-refractivity contribution is -0.111. The van der Waals surface area contributed by atoms with Crippen molar-refractivity contribution in [2.75, 3.05) is 5.32 Å². The Morgan fingerprint density at radius 3 is 2.84 bits per heavy atom. The van der Waals surface area contributed by atoms with Crippen LogP contribution in [0.15, 0.2) is 48.0 Å². The Bertz CT molecular complexity index is 956. The van der Waals surface area contributed by atoms with E-state index in [2.05, 4.69) is 15.3 Å². The van der Waals surface area contributed by atoms with Gasteiger partial charge in [-0.15, -0.1) is 11.3 Å². The van der Waals surface area contributed by atoms with Crippen molar-refractivity contribution in [1.29, 1.82) is 0 Å². The molecule has 0 radical (unpaired) electrons. The van der Waals surface area contributed by atoms with E-state index in [1.807, 2.05) is 0 Å². The summed E-state index contributed by atoms with van der Waals surface area (Å²) in [6, 6.07) is 6.96. The van der Waals surface area contributed by atoms with Crippen LogP contribution in [-0.2, 0) is 4.79 Å². The molecule has 8 heteroatoms. The van der Waals surface area contributed by atoms with Crippen molar-refractivity contribution in [3.05, 3.63) is 59.4 Å². The summed E-state index contributed by atoms with van der Waals surface area (Å²) in [5.74, 6) is -1.43. The standard InChI is InChI=1S/C17H12FN3O3S/c18-11-2-1-7-19-16(11)12-9-25-17(20-12)21-15(24)6-4-10-3-5-13(22)14(23)8-10/h1-9,22-23H,(H,20,21,24). The molecule has 1 amide bonds. The van der Waals surface area contributed by atoms with Crippen molar-refractivity contribution in [3.63, 3.8) is 0 Å². The number of carbonyl (C=O) groups excluding carboxylic acids is 1. The van der Waals surface area contributed by atoms with Crippen LogP contribution in [-0.4, -0.2) is 26.1 Å². The summed E-state index contributed by atoms with van der Waals surface area (Å²) in [6.45, 7) is 0. The molecule has 0 saturated carbocycles. The quantitative estimate of drug-likeness (QED) is 0.491. The number of phenols is 2. The number of aromatic hydroxyl groups is 2. The summed E-state index contributed by atoms with van der Waals surface area (Å²) >= 11 is 1.15. The predicted octanol–water partition coefficient (Wildman–Crippen LogP) is 3.41. The third-order valence-electron chi connectivity index (χ3n) is 3.16. The van der Waals surface area contributed by atoms with Crippen LogP contribution in [0.3, 0.4) is 0 Å². The number of thiazole rings is 1. The Kier molecular flexibility index (Phi) is 4.71. The number of nitrogens with zero attached hydrogens (tertiary/aromatic N) is 2. The van der Waals surface area contributed by atoms with E-state index in [4.69, 9.17) is 0 Å². The fourth-order valence-corrected chi connectivity index (χ4v) is 2.68. The molecule has 3 aromatic rings. The lowest BCUT2D eigenvalue weighted by Gasteiger charge is -1.99. The minimum atomic E-state index is -0.488. The predicted molar refractivity (Wildman–Crippen MR) is 92.7 cm³/mol. The van der Waals surface area contributed by atoms with Gasteiger partial charge in [0.2, 0.25) is 5.91 Å². The third kappa shape index (κ3) is 3.99. The second-order valence-corrected chi connectivity index (χ2v) is 5.80. The van der Waals surface area contributed by atoms with Gasteiger partial charge in [-0.25, -0.2) is 9.37 Å². The molecule has 3 rings (SSSR count). The number of phenolic OH excluding ortho intramolecular Hbond substituents is 2. The van der Waals surface area contributed by atoms with Gasteiger partial charge in [-0.2, -0.15) is 0 Å². The summed E-state index contributed by atoms with van der Waals surface area (Å²) in [5, 5.41) is 23.1. The number of hydrogen-bond donors (Lipinski definition) is 3. The first-order valence-corrected chi connectivity index (χ1v) is 7.98. The Hall–Kier alpha value is -3.26. The second-order valence-electron chi connectivity index (χ2n) is 4.94. The van der Waals surface area contributed by atoms with Crippen LogP contribution in [0, 0.1) is 5.82 Å². The third-order valence-corrected chi connectivity index (χ3v) is 3.92. The average molecular weight is 357 g/mol. The van der Waals surface area contributed by atoms with Crippen molar-refractivity contribution >= 4 is 28.5 Å². The van der Waals surface area contributed by atoms with E-state index >= 15 is 0 Å². The molecule has 1 aromatic carbocycles. The summed E-state index contributed by atoms with van der Waals surface area (Å²) in [5.41, 5.74) is 1.00. The Balaban J connectivity index is 1.68. The topological polar surface area (TPSA) is 95.3 Å².